The molecule has 8 nitrogen and oxygen atoms in total. The number of benzene rings is 3. The molecule has 11 heteroatoms. The Morgan fingerprint density at radius 1 is 0.630 bits per heavy atom. The maximum Gasteiger partial charge on any atom is 0.389 e. The molecule has 3 rings (SSSR count). The topological polar surface area (TPSA) is 112 Å². The Morgan fingerprint density at radius 3 is 1.50 bits per heavy atom. The van der Waals surface area contributed by atoms with Crippen molar-refractivity contribution >= 4 is 11.9 Å². The number of esters is 2. The van der Waals surface area contributed by atoms with Gasteiger partial charge in [0.1, 0.15) is 11.5 Å². The van der Waals surface area contributed by atoms with E-state index in [-0.39, 0.29) is 29.1 Å². The molecule has 0 bridgehead atoms. The number of hydrogen-bond donors (Lipinski definition) is 2. The minimum Gasteiger partial charge on any atom is -0.457 e. The van der Waals surface area contributed by atoms with E-state index in [0.29, 0.717) is 18.4 Å². The zero-order valence-corrected chi connectivity index (χ0v) is 25.3. The van der Waals surface area contributed by atoms with Gasteiger partial charge in [0.25, 0.3) is 0 Å². The van der Waals surface area contributed by atoms with Crippen LogP contribution in [0.3, 0.4) is 0 Å². The Bertz CT molecular complexity index is 1410. The lowest BCUT2D eigenvalue weighted by atomic mass is 9.99. The van der Waals surface area contributed by atoms with Gasteiger partial charge in [-0.05, 0) is 72.1 Å². The third-order valence-corrected chi connectivity index (χ3v) is 6.86. The van der Waals surface area contributed by atoms with Crippen LogP contribution in [-0.4, -0.2) is 55.1 Å². The first-order chi connectivity index (χ1) is 22.0. The SMILES string of the molecule is C=C(CO)C(=O)OCOc1cc(OCOC(=O)C(=C)CO)cc(-c2ccc(CCc3ccc(CCCCC(F)(F)F)cc3)cc2)c1. The highest BCUT2D eigenvalue weighted by Crippen LogP contribution is 2.31. The van der Waals surface area contributed by atoms with Crippen LogP contribution in [0, 0.1) is 0 Å². The number of ether oxygens (including phenoxy) is 4. The maximum atomic E-state index is 12.3. The zero-order chi connectivity index (χ0) is 33.5. The fourth-order valence-corrected chi connectivity index (χ4v) is 4.22. The van der Waals surface area contributed by atoms with E-state index in [1.54, 1.807) is 12.1 Å². The Balaban J connectivity index is 1.62. The van der Waals surface area contributed by atoms with Gasteiger partial charge in [0.05, 0.1) is 24.4 Å². The molecule has 3 aromatic carbocycles. The van der Waals surface area contributed by atoms with Crippen LogP contribution in [0.4, 0.5) is 13.2 Å². The number of rotatable bonds is 18. The summed E-state index contributed by atoms with van der Waals surface area (Å²) in [5.41, 5.74) is 4.52. The summed E-state index contributed by atoms with van der Waals surface area (Å²) < 4.78 is 58.0. The van der Waals surface area contributed by atoms with Crippen molar-refractivity contribution in [3.63, 3.8) is 0 Å². The molecule has 0 aliphatic rings. The summed E-state index contributed by atoms with van der Waals surface area (Å²) in [6.07, 6.45) is -2.05. The fourth-order valence-electron chi connectivity index (χ4n) is 4.22. The van der Waals surface area contributed by atoms with Crippen LogP contribution in [0.15, 0.2) is 91.0 Å². The Morgan fingerprint density at radius 2 is 1.07 bits per heavy atom. The highest BCUT2D eigenvalue weighted by Gasteiger charge is 2.25. The second-order valence-electron chi connectivity index (χ2n) is 10.4. The zero-order valence-electron chi connectivity index (χ0n) is 25.3. The lowest BCUT2D eigenvalue weighted by Gasteiger charge is -2.13. The standard InChI is InChI=1S/C35H37F3O8/c1-24(20-39)33(41)45-22-43-31-17-30(18-32(19-31)44-23-46-34(42)25(2)21-40)29-14-12-28(13-15-29)11-10-27-8-6-26(7-9-27)5-3-4-16-35(36,37)38/h6-9,12-15,17-19,39-40H,1-5,10-11,16,20-23H2. The fraction of sp³-hybridized carbons (Fsp3) is 0.314. The van der Waals surface area contributed by atoms with Crippen molar-refractivity contribution in [1.82, 2.24) is 0 Å². The van der Waals surface area contributed by atoms with Crippen LogP contribution in [0.1, 0.15) is 36.0 Å². The van der Waals surface area contributed by atoms with Crippen molar-refractivity contribution < 1.29 is 51.9 Å². The molecule has 0 saturated carbocycles. The van der Waals surface area contributed by atoms with Crippen molar-refractivity contribution in [2.45, 2.75) is 44.7 Å². The molecule has 3 aromatic rings. The minimum atomic E-state index is -4.11. The molecule has 0 heterocycles. The normalized spacial score (nSPS) is 11.1. The van der Waals surface area contributed by atoms with Gasteiger partial charge in [0, 0.05) is 12.5 Å². The number of alkyl halides is 3. The molecule has 0 radical (unpaired) electrons. The number of aliphatic hydroxyl groups excluding tert-OH is 2. The largest absolute Gasteiger partial charge is 0.457 e. The summed E-state index contributed by atoms with van der Waals surface area (Å²) in [5, 5.41) is 18.1. The number of carbonyl (C=O) groups excluding carboxylic acids is 2. The van der Waals surface area contributed by atoms with Gasteiger partial charge in [-0.25, -0.2) is 9.59 Å². The monoisotopic (exact) mass is 642 g/mol. The summed E-state index contributed by atoms with van der Waals surface area (Å²) >= 11 is 0. The molecule has 0 aromatic heterocycles. The number of aryl methyl sites for hydroxylation is 3. The number of aliphatic hydroxyl groups is 2. The number of halogens is 3. The first-order valence-electron chi connectivity index (χ1n) is 14.5. The van der Waals surface area contributed by atoms with Crippen LogP contribution >= 0.6 is 0 Å². The van der Waals surface area contributed by atoms with Crippen molar-refractivity contribution in [1.29, 1.82) is 0 Å². The first-order valence-corrected chi connectivity index (χ1v) is 14.5. The smallest absolute Gasteiger partial charge is 0.389 e. The summed E-state index contributed by atoms with van der Waals surface area (Å²) in [6.45, 7) is 4.79. The van der Waals surface area contributed by atoms with E-state index in [0.717, 1.165) is 35.1 Å². The van der Waals surface area contributed by atoms with Gasteiger partial charge < -0.3 is 29.2 Å². The maximum absolute atomic E-state index is 12.3. The van der Waals surface area contributed by atoms with E-state index in [2.05, 4.69) is 13.2 Å². The van der Waals surface area contributed by atoms with Crippen LogP contribution in [0.5, 0.6) is 11.5 Å². The van der Waals surface area contributed by atoms with E-state index in [9.17, 15) is 22.8 Å². The van der Waals surface area contributed by atoms with Crippen LogP contribution in [0.25, 0.3) is 11.1 Å². The molecule has 2 N–H and O–H groups in total. The van der Waals surface area contributed by atoms with Crippen LogP contribution in [-0.2, 0) is 38.3 Å². The lowest BCUT2D eigenvalue weighted by molar-refractivity contribution is -0.146. The molecule has 0 spiro atoms. The predicted octanol–water partition coefficient (Wildman–Crippen LogP) is 6.27. The summed E-state index contributed by atoms with van der Waals surface area (Å²) in [5.74, 6) is -1.04. The molecule has 0 unspecified atom stereocenters. The van der Waals surface area contributed by atoms with E-state index >= 15 is 0 Å². The average molecular weight is 643 g/mol. The van der Waals surface area contributed by atoms with Gasteiger partial charge in [-0.3, -0.25) is 0 Å². The minimum absolute atomic E-state index is 0.122. The average Bonchev–Trinajstić information content (AvgIpc) is 3.05. The number of unbranched alkanes of at least 4 members (excludes halogenated alkanes) is 1. The van der Waals surface area contributed by atoms with Crippen molar-refractivity contribution in [3.8, 4) is 22.6 Å². The quantitative estimate of drug-likeness (QED) is 0.0723. The molecule has 0 saturated heterocycles. The van der Waals surface area contributed by atoms with Gasteiger partial charge in [-0.15, -0.1) is 0 Å². The molecule has 0 atom stereocenters. The van der Waals surface area contributed by atoms with Crippen LogP contribution in [0.2, 0.25) is 0 Å². The van der Waals surface area contributed by atoms with Crippen molar-refractivity contribution in [3.05, 3.63) is 108 Å². The Labute approximate surface area is 265 Å². The molecule has 0 amide bonds. The summed E-state index contributed by atoms with van der Waals surface area (Å²) in [6, 6.07) is 20.7. The van der Waals surface area contributed by atoms with E-state index in [1.165, 1.54) is 6.07 Å². The van der Waals surface area contributed by atoms with Crippen molar-refractivity contribution in [2.75, 3.05) is 26.8 Å². The van der Waals surface area contributed by atoms with Gasteiger partial charge in [-0.1, -0.05) is 61.7 Å². The second kappa shape index (κ2) is 17.8. The lowest BCUT2D eigenvalue weighted by Crippen LogP contribution is -2.14. The van der Waals surface area contributed by atoms with Gasteiger partial charge in [-0.2, -0.15) is 13.2 Å². The number of carbonyl (C=O) groups is 2. The molecular formula is C35H37F3O8. The first kappa shape index (κ1) is 35.9. The van der Waals surface area contributed by atoms with Gasteiger partial charge in [0.15, 0.2) is 0 Å². The summed E-state index contributed by atoms with van der Waals surface area (Å²) in [4.78, 5) is 23.6. The van der Waals surface area contributed by atoms with E-state index in [4.69, 9.17) is 29.2 Å². The van der Waals surface area contributed by atoms with E-state index < -0.39 is 51.3 Å². The highest BCUT2D eigenvalue weighted by molar-refractivity contribution is 5.88. The highest BCUT2D eigenvalue weighted by atomic mass is 19.4. The Hall–Kier alpha value is -4.61. The molecule has 0 aliphatic heterocycles. The Kier molecular flexibility index (Phi) is 13.9. The van der Waals surface area contributed by atoms with E-state index in [1.807, 2.05) is 48.5 Å². The molecule has 0 fully saturated rings. The van der Waals surface area contributed by atoms with Gasteiger partial charge in [0.2, 0.25) is 13.6 Å². The third kappa shape index (κ3) is 12.4. The van der Waals surface area contributed by atoms with Gasteiger partial charge >= 0.3 is 18.1 Å². The van der Waals surface area contributed by atoms with Crippen molar-refractivity contribution in [2.24, 2.45) is 0 Å². The third-order valence-electron chi connectivity index (χ3n) is 6.86. The molecule has 0 aliphatic carbocycles. The molecule has 46 heavy (non-hydrogen) atoms. The summed E-state index contributed by atoms with van der Waals surface area (Å²) in [7, 11) is 0. The molecule has 246 valence electrons. The predicted molar refractivity (Wildman–Crippen MR) is 165 cm³/mol. The van der Waals surface area contributed by atoms with Crippen LogP contribution < -0.4 is 9.47 Å². The molecular weight excluding hydrogens is 605 g/mol. The number of hydrogen-bond acceptors (Lipinski definition) is 8. The second-order valence-corrected chi connectivity index (χ2v) is 10.4.